The number of amides is 2. The minimum absolute atomic E-state index is 0.0530. The van der Waals surface area contributed by atoms with Crippen molar-refractivity contribution in [2.45, 2.75) is 71.9 Å². The lowest BCUT2D eigenvalue weighted by atomic mass is 9.91. The molecule has 0 spiro atoms. The zero-order valence-corrected chi connectivity index (χ0v) is 13.2. The smallest absolute Gasteiger partial charge is 0.246 e. The van der Waals surface area contributed by atoms with Crippen molar-refractivity contribution in [2.24, 2.45) is 11.3 Å². The van der Waals surface area contributed by atoms with E-state index in [9.17, 15) is 9.59 Å². The highest BCUT2D eigenvalue weighted by atomic mass is 16.2. The molecule has 4 nitrogen and oxygen atoms in total. The van der Waals surface area contributed by atoms with Crippen molar-refractivity contribution < 1.29 is 9.59 Å². The van der Waals surface area contributed by atoms with Gasteiger partial charge in [-0.05, 0) is 37.0 Å². The molecule has 0 radical (unpaired) electrons. The topological polar surface area (TPSA) is 49.4 Å². The molecule has 0 bridgehead atoms. The first kappa shape index (κ1) is 15.3. The van der Waals surface area contributed by atoms with Crippen molar-refractivity contribution in [1.82, 2.24) is 10.2 Å². The Morgan fingerprint density at radius 3 is 2.40 bits per heavy atom. The van der Waals surface area contributed by atoms with E-state index in [1.54, 1.807) is 0 Å². The number of piperazine rings is 1. The molecule has 114 valence electrons. The van der Waals surface area contributed by atoms with Gasteiger partial charge in [0, 0.05) is 6.54 Å². The molecule has 1 heterocycles. The van der Waals surface area contributed by atoms with Crippen LogP contribution in [-0.2, 0) is 9.59 Å². The monoisotopic (exact) mass is 280 g/mol. The van der Waals surface area contributed by atoms with Crippen LogP contribution < -0.4 is 5.32 Å². The Hall–Kier alpha value is -1.06. The van der Waals surface area contributed by atoms with E-state index >= 15 is 0 Å². The van der Waals surface area contributed by atoms with E-state index in [4.69, 9.17) is 0 Å². The summed E-state index contributed by atoms with van der Waals surface area (Å²) in [5.74, 6) is 0.582. The van der Waals surface area contributed by atoms with Gasteiger partial charge in [-0.1, -0.05) is 34.1 Å². The molecule has 20 heavy (non-hydrogen) atoms. The zero-order valence-electron chi connectivity index (χ0n) is 13.2. The molecular weight excluding hydrogens is 252 g/mol. The SMILES string of the molecule is CCCC1C(=O)NC(C2CC2)C(=O)N1CCC(C)(C)C. The molecule has 1 aliphatic heterocycles. The maximum atomic E-state index is 12.7. The van der Waals surface area contributed by atoms with Crippen molar-refractivity contribution in [3.63, 3.8) is 0 Å². The average Bonchev–Trinajstić information content (AvgIpc) is 3.15. The van der Waals surface area contributed by atoms with Crippen molar-refractivity contribution in [1.29, 1.82) is 0 Å². The molecule has 0 aromatic rings. The normalized spacial score (nSPS) is 27.7. The summed E-state index contributed by atoms with van der Waals surface area (Å²) < 4.78 is 0. The summed E-state index contributed by atoms with van der Waals surface area (Å²) in [4.78, 5) is 26.8. The van der Waals surface area contributed by atoms with Gasteiger partial charge in [0.1, 0.15) is 12.1 Å². The van der Waals surface area contributed by atoms with Crippen molar-refractivity contribution >= 4 is 11.8 Å². The number of rotatable bonds is 5. The Morgan fingerprint density at radius 1 is 1.25 bits per heavy atom. The van der Waals surface area contributed by atoms with E-state index in [1.807, 2.05) is 4.90 Å². The van der Waals surface area contributed by atoms with E-state index in [1.165, 1.54) is 0 Å². The number of carbonyl (C=O) groups is 2. The van der Waals surface area contributed by atoms with Crippen LogP contribution in [0.3, 0.4) is 0 Å². The van der Waals surface area contributed by atoms with Gasteiger partial charge in [0.25, 0.3) is 0 Å². The number of nitrogens with zero attached hydrogens (tertiary/aromatic N) is 1. The van der Waals surface area contributed by atoms with Gasteiger partial charge in [0.2, 0.25) is 11.8 Å². The Kier molecular flexibility index (Phi) is 4.40. The maximum absolute atomic E-state index is 12.7. The third kappa shape index (κ3) is 3.53. The van der Waals surface area contributed by atoms with Crippen LogP contribution in [0.5, 0.6) is 0 Å². The average molecular weight is 280 g/mol. The van der Waals surface area contributed by atoms with Crippen molar-refractivity contribution in [3.05, 3.63) is 0 Å². The van der Waals surface area contributed by atoms with Crippen LogP contribution in [0.2, 0.25) is 0 Å². The van der Waals surface area contributed by atoms with Gasteiger partial charge >= 0.3 is 0 Å². The Labute approximate surface area is 122 Å². The lowest BCUT2D eigenvalue weighted by molar-refractivity contribution is -0.150. The molecule has 0 aromatic carbocycles. The number of hydrogen-bond acceptors (Lipinski definition) is 2. The third-order valence-corrected chi connectivity index (χ3v) is 4.28. The van der Waals surface area contributed by atoms with Crippen LogP contribution >= 0.6 is 0 Å². The first-order valence-electron chi connectivity index (χ1n) is 7.94. The van der Waals surface area contributed by atoms with E-state index in [0.29, 0.717) is 12.5 Å². The molecule has 2 rings (SSSR count). The first-order chi connectivity index (χ1) is 9.33. The molecule has 1 saturated carbocycles. The molecule has 1 saturated heterocycles. The minimum Gasteiger partial charge on any atom is -0.342 e. The fourth-order valence-corrected chi connectivity index (χ4v) is 2.82. The van der Waals surface area contributed by atoms with E-state index in [-0.39, 0.29) is 29.3 Å². The summed E-state index contributed by atoms with van der Waals surface area (Å²) in [6.45, 7) is 9.29. The van der Waals surface area contributed by atoms with Crippen LogP contribution in [0.15, 0.2) is 0 Å². The lowest BCUT2D eigenvalue weighted by Crippen LogP contribution is -2.64. The largest absolute Gasteiger partial charge is 0.342 e. The lowest BCUT2D eigenvalue weighted by Gasteiger charge is -2.40. The highest BCUT2D eigenvalue weighted by Crippen LogP contribution is 2.35. The molecular formula is C16H28N2O2. The molecule has 2 aliphatic rings. The molecule has 2 amide bonds. The van der Waals surface area contributed by atoms with Crippen LogP contribution in [-0.4, -0.2) is 35.3 Å². The molecule has 2 fully saturated rings. The van der Waals surface area contributed by atoms with E-state index in [2.05, 4.69) is 33.0 Å². The molecule has 2 unspecified atom stereocenters. The van der Waals surface area contributed by atoms with Gasteiger partial charge in [-0.2, -0.15) is 0 Å². The summed E-state index contributed by atoms with van der Waals surface area (Å²) >= 11 is 0. The highest BCUT2D eigenvalue weighted by molar-refractivity contribution is 5.97. The third-order valence-electron chi connectivity index (χ3n) is 4.28. The van der Waals surface area contributed by atoms with Crippen LogP contribution in [0.25, 0.3) is 0 Å². The Morgan fingerprint density at radius 2 is 1.90 bits per heavy atom. The number of nitrogens with one attached hydrogen (secondary N) is 1. The second-order valence-electron chi connectivity index (χ2n) is 7.47. The van der Waals surface area contributed by atoms with Crippen molar-refractivity contribution in [3.8, 4) is 0 Å². The highest BCUT2D eigenvalue weighted by Gasteiger charge is 2.46. The number of hydrogen-bond donors (Lipinski definition) is 1. The fraction of sp³-hybridized carbons (Fsp3) is 0.875. The first-order valence-corrected chi connectivity index (χ1v) is 7.94. The molecule has 2 atom stereocenters. The molecule has 4 heteroatoms. The summed E-state index contributed by atoms with van der Waals surface area (Å²) in [5.41, 5.74) is 0.181. The van der Waals surface area contributed by atoms with Crippen LogP contribution in [0.4, 0.5) is 0 Å². The minimum atomic E-state index is -0.259. The van der Waals surface area contributed by atoms with E-state index < -0.39 is 0 Å². The van der Waals surface area contributed by atoms with E-state index in [0.717, 1.165) is 32.1 Å². The van der Waals surface area contributed by atoms with Crippen molar-refractivity contribution in [2.75, 3.05) is 6.54 Å². The predicted molar refractivity (Wildman–Crippen MR) is 79.1 cm³/mol. The zero-order chi connectivity index (χ0) is 14.9. The second-order valence-corrected chi connectivity index (χ2v) is 7.47. The van der Waals surface area contributed by atoms with Gasteiger partial charge in [-0.25, -0.2) is 0 Å². The quantitative estimate of drug-likeness (QED) is 0.840. The maximum Gasteiger partial charge on any atom is 0.246 e. The van der Waals surface area contributed by atoms with Gasteiger partial charge in [0.15, 0.2) is 0 Å². The van der Waals surface area contributed by atoms with Gasteiger partial charge < -0.3 is 10.2 Å². The molecule has 1 aliphatic carbocycles. The van der Waals surface area contributed by atoms with Gasteiger partial charge in [0.05, 0.1) is 0 Å². The Bertz CT molecular complexity index is 382. The summed E-state index contributed by atoms with van der Waals surface area (Å²) in [5, 5.41) is 2.96. The standard InChI is InChI=1S/C16H28N2O2/c1-5-6-12-14(19)17-13(11-7-8-11)15(20)18(12)10-9-16(2,3)4/h11-13H,5-10H2,1-4H3,(H,17,19). The Balaban J connectivity index is 2.10. The van der Waals surface area contributed by atoms with Crippen LogP contribution in [0, 0.1) is 11.3 Å². The summed E-state index contributed by atoms with van der Waals surface area (Å²) in [6, 6.07) is -0.513. The van der Waals surface area contributed by atoms with Gasteiger partial charge in [-0.15, -0.1) is 0 Å². The predicted octanol–water partition coefficient (Wildman–Crippen LogP) is 2.33. The summed E-state index contributed by atoms with van der Waals surface area (Å²) in [6.07, 6.45) is 4.76. The number of carbonyl (C=O) groups excluding carboxylic acids is 2. The van der Waals surface area contributed by atoms with Gasteiger partial charge in [-0.3, -0.25) is 9.59 Å². The molecule has 0 aromatic heterocycles. The fourth-order valence-electron chi connectivity index (χ4n) is 2.82. The molecule has 1 N–H and O–H groups in total. The van der Waals surface area contributed by atoms with Crippen LogP contribution in [0.1, 0.15) is 59.8 Å². The summed E-state index contributed by atoms with van der Waals surface area (Å²) in [7, 11) is 0. The second kappa shape index (κ2) is 5.74.